The van der Waals surface area contributed by atoms with Crippen molar-refractivity contribution in [3.63, 3.8) is 0 Å². The quantitative estimate of drug-likeness (QED) is 0.186. The number of hydrogen-bond acceptors (Lipinski definition) is 8. The Bertz CT molecular complexity index is 1340. The third-order valence-corrected chi connectivity index (χ3v) is 7.79. The van der Waals surface area contributed by atoms with Crippen molar-refractivity contribution in [2.75, 3.05) is 17.7 Å². The Morgan fingerprint density at radius 2 is 2.11 bits per heavy atom. The van der Waals surface area contributed by atoms with Crippen LogP contribution in [0.15, 0.2) is 42.1 Å². The molecule has 13 heteroatoms. The Balaban J connectivity index is 1.41. The number of alkyl halides is 3. The lowest BCUT2D eigenvalue weighted by atomic mass is 10.1. The minimum atomic E-state index is -4.48. The van der Waals surface area contributed by atoms with Crippen LogP contribution in [0, 0.1) is 0 Å². The molecular weight excluding hydrogens is 541 g/mol. The zero-order chi connectivity index (χ0) is 27.3. The molecule has 0 fully saturated rings. The predicted octanol–water partition coefficient (Wildman–Crippen LogP) is 5.52. The lowest BCUT2D eigenvalue weighted by Gasteiger charge is -2.11. The van der Waals surface area contributed by atoms with Gasteiger partial charge in [0.2, 0.25) is 5.91 Å². The maximum absolute atomic E-state index is 13.0. The molecule has 1 amide bonds. The van der Waals surface area contributed by atoms with Crippen molar-refractivity contribution in [1.82, 2.24) is 14.8 Å². The van der Waals surface area contributed by atoms with Crippen molar-refractivity contribution < 1.29 is 32.2 Å². The number of carbonyl (C=O) groups excluding carboxylic acids is 2. The standard InChI is InChI=1S/C25H25F3N4O4S2/c1-3-11-32-19(13-36-16-8-5-7-15(12-16)25(26,27)28)30-31-24(32)37-14-20(33)29-22-21(23(34)35-4-2)17-9-6-10-18(17)38-22/h3,5,7-8,12H,1,4,6,9-11,13-14H2,2H3,(H,29,33). The fraction of sp³-hybridized carbons (Fsp3) is 0.360. The molecule has 0 unspecified atom stereocenters. The number of anilines is 1. The summed E-state index contributed by atoms with van der Waals surface area (Å²) in [5.74, 6) is -0.359. The van der Waals surface area contributed by atoms with E-state index >= 15 is 0 Å². The minimum Gasteiger partial charge on any atom is -0.486 e. The highest BCUT2D eigenvalue weighted by atomic mass is 32.2. The van der Waals surface area contributed by atoms with E-state index in [2.05, 4.69) is 22.1 Å². The van der Waals surface area contributed by atoms with Gasteiger partial charge in [0, 0.05) is 11.4 Å². The van der Waals surface area contributed by atoms with Crippen LogP contribution in [0.1, 0.15) is 45.5 Å². The van der Waals surface area contributed by atoms with Gasteiger partial charge in [0.05, 0.1) is 23.5 Å². The van der Waals surface area contributed by atoms with E-state index in [9.17, 15) is 22.8 Å². The molecule has 0 spiro atoms. The average molecular weight is 567 g/mol. The Labute approximate surface area is 225 Å². The monoisotopic (exact) mass is 566 g/mol. The van der Waals surface area contributed by atoms with Gasteiger partial charge in [-0.05, 0) is 49.9 Å². The van der Waals surface area contributed by atoms with Crippen molar-refractivity contribution in [3.05, 3.63) is 64.3 Å². The van der Waals surface area contributed by atoms with Crippen LogP contribution in [0.3, 0.4) is 0 Å². The van der Waals surface area contributed by atoms with E-state index in [0.29, 0.717) is 28.1 Å². The average Bonchev–Trinajstić information content (AvgIpc) is 3.56. The summed E-state index contributed by atoms with van der Waals surface area (Å²) in [5, 5.41) is 11.9. The van der Waals surface area contributed by atoms with Gasteiger partial charge in [0.1, 0.15) is 17.4 Å². The number of ether oxygens (including phenoxy) is 2. The zero-order valence-electron chi connectivity index (χ0n) is 20.5. The van der Waals surface area contributed by atoms with Crippen molar-refractivity contribution >= 4 is 40.0 Å². The number of amides is 1. The van der Waals surface area contributed by atoms with Gasteiger partial charge in [-0.3, -0.25) is 9.36 Å². The number of hydrogen-bond donors (Lipinski definition) is 1. The van der Waals surface area contributed by atoms with Gasteiger partial charge in [0.25, 0.3) is 0 Å². The van der Waals surface area contributed by atoms with Crippen molar-refractivity contribution in [3.8, 4) is 5.75 Å². The van der Waals surface area contributed by atoms with Crippen LogP contribution in [0.5, 0.6) is 5.75 Å². The molecular formula is C25H25F3N4O4S2. The van der Waals surface area contributed by atoms with E-state index in [4.69, 9.17) is 9.47 Å². The van der Waals surface area contributed by atoms with E-state index in [0.717, 1.165) is 53.6 Å². The molecule has 0 bridgehead atoms. The highest BCUT2D eigenvalue weighted by molar-refractivity contribution is 7.99. The number of rotatable bonds is 11. The number of aryl methyl sites for hydroxylation is 1. The summed E-state index contributed by atoms with van der Waals surface area (Å²) in [6, 6.07) is 4.57. The molecule has 2 aromatic heterocycles. The molecule has 3 aromatic rings. The second kappa shape index (κ2) is 12.0. The SMILES string of the molecule is C=CCn1c(COc2cccc(C(F)(F)F)c2)nnc1SCC(=O)Nc1sc2c(c1C(=O)OCC)CCC2. The van der Waals surface area contributed by atoms with Gasteiger partial charge >= 0.3 is 12.1 Å². The molecule has 0 atom stereocenters. The smallest absolute Gasteiger partial charge is 0.416 e. The summed E-state index contributed by atoms with van der Waals surface area (Å²) in [4.78, 5) is 26.4. The summed E-state index contributed by atoms with van der Waals surface area (Å²) in [7, 11) is 0. The van der Waals surface area contributed by atoms with Crippen LogP contribution in [-0.2, 0) is 41.7 Å². The largest absolute Gasteiger partial charge is 0.486 e. The molecule has 0 saturated heterocycles. The van der Waals surface area contributed by atoms with E-state index in [1.54, 1.807) is 17.6 Å². The second-order valence-electron chi connectivity index (χ2n) is 8.23. The number of nitrogens with one attached hydrogen (secondary N) is 1. The van der Waals surface area contributed by atoms with E-state index < -0.39 is 17.7 Å². The number of aromatic nitrogens is 3. The molecule has 0 radical (unpaired) electrons. The highest BCUT2D eigenvalue weighted by Gasteiger charge is 2.31. The second-order valence-corrected chi connectivity index (χ2v) is 10.3. The zero-order valence-corrected chi connectivity index (χ0v) is 22.1. The van der Waals surface area contributed by atoms with Crippen LogP contribution in [0.25, 0.3) is 0 Å². The third kappa shape index (κ3) is 6.38. The topological polar surface area (TPSA) is 95.3 Å². The molecule has 1 aliphatic rings. The molecule has 1 N–H and O–H groups in total. The fourth-order valence-corrected chi connectivity index (χ4v) is 6.02. The van der Waals surface area contributed by atoms with E-state index in [-0.39, 0.29) is 30.6 Å². The van der Waals surface area contributed by atoms with Crippen LogP contribution >= 0.6 is 23.1 Å². The number of nitrogens with zero attached hydrogens (tertiary/aromatic N) is 3. The van der Waals surface area contributed by atoms with Crippen LogP contribution in [0.2, 0.25) is 0 Å². The third-order valence-electron chi connectivity index (χ3n) is 5.62. The summed E-state index contributed by atoms with van der Waals surface area (Å²) >= 11 is 2.53. The maximum Gasteiger partial charge on any atom is 0.416 e. The van der Waals surface area contributed by atoms with E-state index in [1.165, 1.54) is 23.5 Å². The van der Waals surface area contributed by atoms with Crippen LogP contribution < -0.4 is 10.1 Å². The number of thioether (sulfide) groups is 1. The number of allylic oxidation sites excluding steroid dienone is 1. The normalized spacial score (nSPS) is 12.7. The van der Waals surface area contributed by atoms with Gasteiger partial charge in [-0.1, -0.05) is 23.9 Å². The number of halogens is 3. The Morgan fingerprint density at radius 3 is 2.84 bits per heavy atom. The van der Waals surface area contributed by atoms with Crippen molar-refractivity contribution in [1.29, 1.82) is 0 Å². The summed E-state index contributed by atoms with van der Waals surface area (Å²) < 4.78 is 51.3. The first kappa shape index (κ1) is 27.7. The molecule has 8 nitrogen and oxygen atoms in total. The van der Waals surface area contributed by atoms with Gasteiger partial charge in [-0.15, -0.1) is 28.1 Å². The molecule has 2 heterocycles. The summed E-state index contributed by atoms with van der Waals surface area (Å²) in [6.45, 7) is 5.88. The lowest BCUT2D eigenvalue weighted by molar-refractivity contribution is -0.137. The lowest BCUT2D eigenvalue weighted by Crippen LogP contribution is -2.17. The van der Waals surface area contributed by atoms with Gasteiger partial charge in [-0.25, -0.2) is 4.79 Å². The first-order valence-electron chi connectivity index (χ1n) is 11.8. The molecule has 202 valence electrons. The van der Waals surface area contributed by atoms with Crippen LogP contribution in [0.4, 0.5) is 18.2 Å². The molecule has 38 heavy (non-hydrogen) atoms. The van der Waals surface area contributed by atoms with Gasteiger partial charge < -0.3 is 14.8 Å². The Hall–Kier alpha value is -3.32. The van der Waals surface area contributed by atoms with Crippen molar-refractivity contribution in [2.24, 2.45) is 0 Å². The summed E-state index contributed by atoms with van der Waals surface area (Å²) in [6.07, 6.45) is -0.253. The predicted molar refractivity (Wildman–Crippen MR) is 138 cm³/mol. The molecule has 4 rings (SSSR count). The summed E-state index contributed by atoms with van der Waals surface area (Å²) in [5.41, 5.74) is 0.575. The molecule has 1 aliphatic carbocycles. The Morgan fingerprint density at radius 1 is 1.29 bits per heavy atom. The fourth-order valence-electron chi connectivity index (χ4n) is 3.96. The van der Waals surface area contributed by atoms with Crippen LogP contribution in [-0.4, -0.2) is 39.0 Å². The van der Waals surface area contributed by atoms with Gasteiger partial charge in [0.15, 0.2) is 11.0 Å². The molecule has 1 aromatic carbocycles. The van der Waals surface area contributed by atoms with Crippen molar-refractivity contribution in [2.45, 2.75) is 50.7 Å². The number of carbonyl (C=O) groups is 2. The minimum absolute atomic E-state index is 0.00536. The number of benzene rings is 1. The number of thiophene rings is 1. The Kier molecular flexibility index (Phi) is 8.77. The molecule has 0 aliphatic heterocycles. The maximum atomic E-state index is 13.0. The number of fused-ring (bicyclic) bond motifs is 1. The molecule has 0 saturated carbocycles. The van der Waals surface area contributed by atoms with Gasteiger partial charge in [-0.2, -0.15) is 13.2 Å². The number of esters is 1. The highest BCUT2D eigenvalue weighted by Crippen LogP contribution is 2.39. The van der Waals surface area contributed by atoms with E-state index in [1.807, 2.05) is 0 Å². The first-order chi connectivity index (χ1) is 18.2. The first-order valence-corrected chi connectivity index (χ1v) is 13.6.